The number of thiol groups is 1. The number of alkyl carbamates (subject to hydrolysis) is 1. The summed E-state index contributed by atoms with van der Waals surface area (Å²) < 4.78 is 5.45. The molecule has 3 unspecified atom stereocenters. The third-order valence-electron chi connectivity index (χ3n) is 5.91. The number of aliphatic hydroxyl groups is 1. The average Bonchev–Trinajstić information content (AvgIpc) is 2.60. The monoisotopic (exact) mass is 385 g/mol. The molecule has 5 heteroatoms. The second-order valence-electron chi connectivity index (χ2n) is 9.37. The van der Waals surface area contributed by atoms with Gasteiger partial charge < -0.3 is 15.2 Å². The van der Waals surface area contributed by atoms with Gasteiger partial charge in [-0.25, -0.2) is 4.79 Å². The predicted octanol–water partition coefficient (Wildman–Crippen LogP) is 5.09. The van der Waals surface area contributed by atoms with Gasteiger partial charge in [-0.1, -0.05) is 51.4 Å². The zero-order valence-electron chi connectivity index (χ0n) is 16.9. The lowest BCUT2D eigenvalue weighted by atomic mass is 9.80. The molecule has 2 rings (SSSR count). The molecule has 152 valence electrons. The van der Waals surface area contributed by atoms with Crippen LogP contribution in [0.2, 0.25) is 0 Å². The highest BCUT2D eigenvalue weighted by Gasteiger charge is 2.35. The van der Waals surface area contributed by atoms with Crippen molar-refractivity contribution in [2.24, 2.45) is 11.8 Å². The SMILES string of the molecule is CC(C)(C)OC(=O)NC(CC1CCCCC1)C(O)C(S)C1CCCCC1. The number of rotatable bonds is 6. The maximum Gasteiger partial charge on any atom is 0.407 e. The van der Waals surface area contributed by atoms with E-state index in [2.05, 4.69) is 5.32 Å². The summed E-state index contributed by atoms with van der Waals surface area (Å²) >= 11 is 4.79. The van der Waals surface area contributed by atoms with E-state index in [9.17, 15) is 9.90 Å². The minimum absolute atomic E-state index is 0.0844. The van der Waals surface area contributed by atoms with E-state index in [1.54, 1.807) is 0 Å². The Morgan fingerprint density at radius 2 is 1.62 bits per heavy atom. The van der Waals surface area contributed by atoms with Crippen LogP contribution in [0.5, 0.6) is 0 Å². The minimum Gasteiger partial charge on any atom is -0.444 e. The molecule has 2 aliphatic carbocycles. The number of carbonyl (C=O) groups is 1. The first-order chi connectivity index (χ1) is 12.3. The van der Waals surface area contributed by atoms with Crippen molar-refractivity contribution in [1.29, 1.82) is 0 Å². The Hall–Kier alpha value is -0.420. The van der Waals surface area contributed by atoms with Crippen molar-refractivity contribution < 1.29 is 14.6 Å². The van der Waals surface area contributed by atoms with Gasteiger partial charge in [0.05, 0.1) is 12.1 Å². The van der Waals surface area contributed by atoms with Gasteiger partial charge in [0.25, 0.3) is 0 Å². The van der Waals surface area contributed by atoms with E-state index in [0.717, 1.165) is 19.3 Å². The van der Waals surface area contributed by atoms with E-state index in [0.29, 0.717) is 11.8 Å². The summed E-state index contributed by atoms with van der Waals surface area (Å²) in [5, 5.41) is 14.0. The molecule has 3 atom stereocenters. The lowest BCUT2D eigenvalue weighted by Gasteiger charge is -2.36. The molecule has 0 spiro atoms. The van der Waals surface area contributed by atoms with Gasteiger partial charge in [-0.3, -0.25) is 0 Å². The molecule has 2 fully saturated rings. The Labute approximate surface area is 165 Å². The number of ether oxygens (including phenoxy) is 1. The first kappa shape index (κ1) is 21.9. The molecular formula is C21H39NO3S. The highest BCUT2D eigenvalue weighted by molar-refractivity contribution is 7.81. The van der Waals surface area contributed by atoms with Crippen molar-refractivity contribution in [2.45, 2.75) is 114 Å². The van der Waals surface area contributed by atoms with Crippen LogP contribution in [0.3, 0.4) is 0 Å². The van der Waals surface area contributed by atoms with E-state index in [1.165, 1.54) is 51.4 Å². The number of amides is 1. The standard InChI is InChI=1S/C21H39NO3S/c1-21(2,3)25-20(24)22-17(14-15-10-6-4-7-11-15)18(23)19(26)16-12-8-5-9-13-16/h15-19,23,26H,4-14H2,1-3H3,(H,22,24). The Morgan fingerprint density at radius 1 is 1.08 bits per heavy atom. The van der Waals surface area contributed by atoms with Gasteiger partial charge in [0.1, 0.15) is 5.60 Å². The molecule has 0 saturated heterocycles. The molecular weight excluding hydrogens is 346 g/mol. The van der Waals surface area contributed by atoms with E-state index in [1.807, 2.05) is 20.8 Å². The van der Waals surface area contributed by atoms with Crippen molar-refractivity contribution >= 4 is 18.7 Å². The van der Waals surface area contributed by atoms with Gasteiger partial charge in [-0.15, -0.1) is 0 Å². The van der Waals surface area contributed by atoms with Crippen LogP contribution in [0.25, 0.3) is 0 Å². The first-order valence-electron chi connectivity index (χ1n) is 10.6. The molecule has 26 heavy (non-hydrogen) atoms. The molecule has 0 aromatic heterocycles. The summed E-state index contributed by atoms with van der Waals surface area (Å²) in [6.45, 7) is 5.59. The molecule has 2 aliphatic rings. The fraction of sp³-hybridized carbons (Fsp3) is 0.952. The second kappa shape index (κ2) is 10.2. The molecule has 0 aromatic carbocycles. The largest absolute Gasteiger partial charge is 0.444 e. The van der Waals surface area contributed by atoms with Gasteiger partial charge in [-0.05, 0) is 51.9 Å². The number of hydrogen-bond donors (Lipinski definition) is 3. The van der Waals surface area contributed by atoms with Gasteiger partial charge in [0.15, 0.2) is 0 Å². The van der Waals surface area contributed by atoms with Crippen LogP contribution in [0.1, 0.15) is 91.4 Å². The lowest BCUT2D eigenvalue weighted by molar-refractivity contribution is 0.0358. The quantitative estimate of drug-likeness (QED) is 0.558. The Kier molecular flexibility index (Phi) is 8.59. The van der Waals surface area contributed by atoms with Crippen LogP contribution in [0, 0.1) is 11.8 Å². The van der Waals surface area contributed by atoms with E-state index in [4.69, 9.17) is 17.4 Å². The lowest BCUT2D eigenvalue weighted by Crippen LogP contribution is -2.51. The van der Waals surface area contributed by atoms with Gasteiger partial charge in [-0.2, -0.15) is 12.6 Å². The van der Waals surface area contributed by atoms with Crippen molar-refractivity contribution in [3.63, 3.8) is 0 Å². The van der Waals surface area contributed by atoms with Crippen LogP contribution in [-0.2, 0) is 4.74 Å². The number of aliphatic hydroxyl groups excluding tert-OH is 1. The maximum absolute atomic E-state index is 12.3. The summed E-state index contributed by atoms with van der Waals surface area (Å²) in [4.78, 5) is 12.3. The van der Waals surface area contributed by atoms with Crippen LogP contribution >= 0.6 is 12.6 Å². The van der Waals surface area contributed by atoms with Crippen molar-refractivity contribution in [2.75, 3.05) is 0 Å². The molecule has 0 heterocycles. The van der Waals surface area contributed by atoms with E-state index < -0.39 is 17.8 Å². The van der Waals surface area contributed by atoms with Crippen LogP contribution in [0.15, 0.2) is 0 Å². The highest BCUT2D eigenvalue weighted by Crippen LogP contribution is 2.34. The van der Waals surface area contributed by atoms with Crippen LogP contribution < -0.4 is 5.32 Å². The summed E-state index contributed by atoms with van der Waals surface area (Å²) in [6.07, 6.45) is 12.0. The predicted molar refractivity (Wildman–Crippen MR) is 110 cm³/mol. The molecule has 2 N–H and O–H groups in total. The fourth-order valence-corrected chi connectivity index (χ4v) is 5.02. The van der Waals surface area contributed by atoms with Crippen molar-refractivity contribution in [1.82, 2.24) is 5.32 Å². The average molecular weight is 386 g/mol. The van der Waals surface area contributed by atoms with Crippen LogP contribution in [0.4, 0.5) is 4.79 Å². The van der Waals surface area contributed by atoms with Gasteiger partial charge in [0, 0.05) is 5.25 Å². The van der Waals surface area contributed by atoms with Crippen LogP contribution in [-0.4, -0.2) is 34.2 Å². The number of carbonyl (C=O) groups excluding carboxylic acids is 1. The van der Waals surface area contributed by atoms with E-state index in [-0.39, 0.29) is 11.3 Å². The molecule has 0 aromatic rings. The molecule has 1 amide bonds. The fourth-order valence-electron chi connectivity index (χ4n) is 4.52. The van der Waals surface area contributed by atoms with Gasteiger partial charge in [0.2, 0.25) is 0 Å². The topological polar surface area (TPSA) is 58.6 Å². The smallest absolute Gasteiger partial charge is 0.407 e. The van der Waals surface area contributed by atoms with Gasteiger partial charge >= 0.3 is 6.09 Å². The number of hydrogen-bond acceptors (Lipinski definition) is 4. The first-order valence-corrected chi connectivity index (χ1v) is 11.1. The Bertz CT molecular complexity index is 425. The Morgan fingerprint density at radius 3 is 2.15 bits per heavy atom. The van der Waals surface area contributed by atoms with Crippen molar-refractivity contribution in [3.05, 3.63) is 0 Å². The zero-order chi connectivity index (χ0) is 19.2. The molecule has 4 nitrogen and oxygen atoms in total. The third-order valence-corrected chi connectivity index (χ3v) is 6.64. The maximum atomic E-state index is 12.3. The summed E-state index contributed by atoms with van der Waals surface area (Å²) in [6, 6.07) is -0.280. The van der Waals surface area contributed by atoms with E-state index >= 15 is 0 Å². The molecule has 0 aliphatic heterocycles. The molecule has 0 bridgehead atoms. The Balaban J connectivity index is 2.00. The molecule has 0 radical (unpaired) electrons. The van der Waals surface area contributed by atoms with Crippen molar-refractivity contribution in [3.8, 4) is 0 Å². The summed E-state index contributed by atoms with van der Waals surface area (Å²) in [5.41, 5.74) is -0.534. The zero-order valence-corrected chi connectivity index (χ0v) is 17.8. The normalized spacial score (nSPS) is 23.9. The third kappa shape index (κ3) is 7.30. The number of nitrogens with one attached hydrogen (secondary N) is 1. The molecule has 2 saturated carbocycles. The second-order valence-corrected chi connectivity index (χ2v) is 9.97. The summed E-state index contributed by atoms with van der Waals surface area (Å²) in [7, 11) is 0. The minimum atomic E-state index is -0.629. The highest BCUT2D eigenvalue weighted by atomic mass is 32.1. The summed E-state index contributed by atoms with van der Waals surface area (Å²) in [5.74, 6) is 1.02.